The van der Waals surface area contributed by atoms with Crippen LogP contribution in [0.1, 0.15) is 6.42 Å². The molecule has 46 valence electrons. The molecule has 1 heterocycles. The number of hydrogen-bond acceptors (Lipinski definition) is 3. The molecular formula is C5H9NO2. The van der Waals surface area contributed by atoms with Crippen LogP contribution in [0.4, 0.5) is 0 Å². The summed E-state index contributed by atoms with van der Waals surface area (Å²) in [6.07, 6.45) is 0.924. The van der Waals surface area contributed by atoms with Gasteiger partial charge in [-0.25, -0.2) is 0 Å². The van der Waals surface area contributed by atoms with Gasteiger partial charge in [0, 0.05) is 13.5 Å². The van der Waals surface area contributed by atoms with Crippen LogP contribution in [0.15, 0.2) is 5.16 Å². The van der Waals surface area contributed by atoms with Crippen LogP contribution < -0.4 is 0 Å². The van der Waals surface area contributed by atoms with Crippen molar-refractivity contribution >= 4 is 5.71 Å². The predicted molar refractivity (Wildman–Crippen MR) is 29.9 cm³/mol. The molecule has 8 heavy (non-hydrogen) atoms. The lowest BCUT2D eigenvalue weighted by Gasteiger charge is -1.90. The fraction of sp³-hybridized carbons (Fsp3) is 0.800. The Bertz CT molecular complexity index is 101. The monoisotopic (exact) mass is 115 g/mol. The third kappa shape index (κ3) is 1.20. The van der Waals surface area contributed by atoms with E-state index in [0.29, 0.717) is 6.61 Å². The van der Waals surface area contributed by atoms with E-state index in [4.69, 9.17) is 9.57 Å². The number of oxime groups is 1. The van der Waals surface area contributed by atoms with Gasteiger partial charge in [0.05, 0.1) is 12.3 Å². The molecule has 0 aromatic carbocycles. The Kier molecular flexibility index (Phi) is 1.86. The van der Waals surface area contributed by atoms with Crippen molar-refractivity contribution in [3.8, 4) is 0 Å². The maximum absolute atomic E-state index is 4.81. The molecule has 0 saturated heterocycles. The maximum Gasteiger partial charge on any atom is 0.122 e. The Hall–Kier alpha value is -0.570. The van der Waals surface area contributed by atoms with Crippen LogP contribution in [0.5, 0.6) is 0 Å². The first-order chi connectivity index (χ1) is 3.93. The van der Waals surface area contributed by atoms with Gasteiger partial charge in [-0.15, -0.1) is 0 Å². The van der Waals surface area contributed by atoms with Gasteiger partial charge in [0.15, 0.2) is 0 Å². The van der Waals surface area contributed by atoms with E-state index < -0.39 is 0 Å². The van der Waals surface area contributed by atoms with Gasteiger partial charge in [-0.05, 0) is 0 Å². The van der Waals surface area contributed by atoms with Crippen molar-refractivity contribution < 1.29 is 9.57 Å². The van der Waals surface area contributed by atoms with Gasteiger partial charge in [-0.3, -0.25) is 0 Å². The van der Waals surface area contributed by atoms with Crippen LogP contribution in [-0.2, 0) is 9.57 Å². The van der Waals surface area contributed by atoms with Gasteiger partial charge >= 0.3 is 0 Å². The lowest BCUT2D eigenvalue weighted by Crippen LogP contribution is -2.02. The summed E-state index contributed by atoms with van der Waals surface area (Å²) in [6, 6.07) is 0. The Balaban J connectivity index is 2.23. The van der Waals surface area contributed by atoms with E-state index in [1.165, 1.54) is 0 Å². The maximum atomic E-state index is 4.81. The van der Waals surface area contributed by atoms with Crippen molar-refractivity contribution in [3.05, 3.63) is 0 Å². The molecule has 0 unspecified atom stereocenters. The number of nitrogens with zero attached hydrogens (tertiary/aromatic N) is 1. The fourth-order valence-electron chi connectivity index (χ4n) is 0.611. The van der Waals surface area contributed by atoms with Gasteiger partial charge in [-0.2, -0.15) is 0 Å². The smallest absolute Gasteiger partial charge is 0.122 e. The van der Waals surface area contributed by atoms with Crippen LogP contribution in [0.25, 0.3) is 0 Å². The zero-order valence-electron chi connectivity index (χ0n) is 4.89. The number of ether oxygens (including phenoxy) is 1. The van der Waals surface area contributed by atoms with E-state index in [1.54, 1.807) is 7.11 Å². The van der Waals surface area contributed by atoms with Crippen molar-refractivity contribution in [1.29, 1.82) is 0 Å². The van der Waals surface area contributed by atoms with E-state index >= 15 is 0 Å². The summed E-state index contributed by atoms with van der Waals surface area (Å²) in [4.78, 5) is 4.72. The molecule has 0 atom stereocenters. The van der Waals surface area contributed by atoms with Crippen molar-refractivity contribution in [2.24, 2.45) is 5.16 Å². The molecule has 0 fully saturated rings. The number of rotatable bonds is 2. The van der Waals surface area contributed by atoms with Crippen LogP contribution in [0, 0.1) is 0 Å². The molecule has 0 radical (unpaired) electrons. The first-order valence-electron chi connectivity index (χ1n) is 2.60. The van der Waals surface area contributed by atoms with Crippen LogP contribution in [0.2, 0.25) is 0 Å². The van der Waals surface area contributed by atoms with E-state index in [9.17, 15) is 0 Å². The lowest BCUT2D eigenvalue weighted by molar-refractivity contribution is 0.173. The Morgan fingerprint density at radius 1 is 1.88 bits per heavy atom. The first-order valence-corrected chi connectivity index (χ1v) is 2.60. The van der Waals surface area contributed by atoms with E-state index in [0.717, 1.165) is 18.7 Å². The predicted octanol–water partition coefficient (Wildman–Crippen LogP) is 0.409. The number of methoxy groups -OCH3 is 1. The molecule has 0 amide bonds. The van der Waals surface area contributed by atoms with Crippen molar-refractivity contribution in [2.45, 2.75) is 6.42 Å². The quantitative estimate of drug-likeness (QED) is 0.521. The molecule has 1 rings (SSSR count). The van der Waals surface area contributed by atoms with Gasteiger partial charge in [0.2, 0.25) is 0 Å². The summed E-state index contributed by atoms with van der Waals surface area (Å²) in [7, 11) is 1.65. The van der Waals surface area contributed by atoms with Gasteiger partial charge < -0.3 is 9.57 Å². The van der Waals surface area contributed by atoms with Crippen LogP contribution >= 0.6 is 0 Å². The zero-order chi connectivity index (χ0) is 5.82. The van der Waals surface area contributed by atoms with E-state index in [2.05, 4.69) is 5.16 Å². The molecule has 0 aliphatic carbocycles. The minimum Gasteiger partial charge on any atom is -0.395 e. The van der Waals surface area contributed by atoms with Gasteiger partial charge in [-0.1, -0.05) is 5.16 Å². The second-order valence-electron chi connectivity index (χ2n) is 1.67. The minimum atomic E-state index is 0.611. The van der Waals surface area contributed by atoms with Crippen LogP contribution in [-0.4, -0.2) is 26.0 Å². The SMILES string of the molecule is COCC1=NOCC1. The third-order valence-corrected chi connectivity index (χ3v) is 0.987. The molecule has 0 aromatic heterocycles. The van der Waals surface area contributed by atoms with Crippen molar-refractivity contribution in [1.82, 2.24) is 0 Å². The third-order valence-electron chi connectivity index (χ3n) is 0.987. The Morgan fingerprint density at radius 3 is 3.25 bits per heavy atom. The highest BCUT2D eigenvalue weighted by molar-refractivity contribution is 5.86. The highest BCUT2D eigenvalue weighted by Crippen LogP contribution is 1.98. The van der Waals surface area contributed by atoms with Gasteiger partial charge in [0.1, 0.15) is 6.61 Å². The molecule has 0 spiro atoms. The second kappa shape index (κ2) is 2.67. The molecular weight excluding hydrogens is 106 g/mol. The fourth-order valence-corrected chi connectivity index (χ4v) is 0.611. The molecule has 1 aliphatic heterocycles. The summed E-state index contributed by atoms with van der Waals surface area (Å²) in [5.74, 6) is 0. The zero-order valence-corrected chi connectivity index (χ0v) is 4.89. The minimum absolute atomic E-state index is 0.611. The standard InChI is InChI=1S/C5H9NO2/c1-7-4-5-2-3-8-6-5/h2-4H2,1H3. The Labute approximate surface area is 48.3 Å². The molecule has 0 bridgehead atoms. The summed E-state index contributed by atoms with van der Waals surface area (Å²) in [5.41, 5.74) is 1.01. The average Bonchev–Trinajstić information content (AvgIpc) is 2.19. The second-order valence-corrected chi connectivity index (χ2v) is 1.67. The number of hydrogen-bond donors (Lipinski definition) is 0. The Morgan fingerprint density at radius 2 is 2.75 bits per heavy atom. The van der Waals surface area contributed by atoms with Crippen LogP contribution in [0.3, 0.4) is 0 Å². The summed E-state index contributed by atoms with van der Waals surface area (Å²) in [6.45, 7) is 1.33. The van der Waals surface area contributed by atoms with Crippen molar-refractivity contribution in [3.63, 3.8) is 0 Å². The van der Waals surface area contributed by atoms with E-state index in [-0.39, 0.29) is 0 Å². The largest absolute Gasteiger partial charge is 0.395 e. The lowest BCUT2D eigenvalue weighted by atomic mass is 10.3. The summed E-state index contributed by atoms with van der Waals surface area (Å²) >= 11 is 0. The van der Waals surface area contributed by atoms with Gasteiger partial charge in [0.25, 0.3) is 0 Å². The first kappa shape index (κ1) is 5.56. The highest BCUT2D eigenvalue weighted by Gasteiger charge is 2.05. The molecule has 3 heteroatoms. The average molecular weight is 115 g/mol. The molecule has 0 aromatic rings. The molecule has 1 aliphatic rings. The summed E-state index contributed by atoms with van der Waals surface area (Å²) in [5, 5.41) is 3.72. The van der Waals surface area contributed by atoms with E-state index in [1.807, 2.05) is 0 Å². The highest BCUT2D eigenvalue weighted by atomic mass is 16.6. The molecule has 3 nitrogen and oxygen atoms in total. The topological polar surface area (TPSA) is 30.8 Å². The summed E-state index contributed by atoms with van der Waals surface area (Å²) < 4.78 is 4.81. The normalized spacial score (nSPS) is 17.9. The van der Waals surface area contributed by atoms with Crippen molar-refractivity contribution in [2.75, 3.05) is 20.3 Å². The molecule has 0 saturated carbocycles. The molecule has 0 N–H and O–H groups in total.